The van der Waals surface area contributed by atoms with E-state index in [0.717, 1.165) is 27.5 Å². The molecule has 5 aromatic rings. The van der Waals surface area contributed by atoms with E-state index in [4.69, 9.17) is 20.8 Å². The van der Waals surface area contributed by atoms with E-state index in [9.17, 15) is 0 Å². The third-order valence-corrected chi connectivity index (χ3v) is 5.56. The van der Waals surface area contributed by atoms with Crippen molar-refractivity contribution in [2.24, 2.45) is 0 Å². The molecule has 5 rings (SSSR count). The van der Waals surface area contributed by atoms with Crippen molar-refractivity contribution in [1.82, 2.24) is 19.6 Å². The predicted molar refractivity (Wildman–Crippen MR) is 109 cm³/mol. The fourth-order valence-electron chi connectivity index (χ4n) is 2.88. The average molecular weight is 411 g/mol. The molecule has 0 N–H and O–H groups in total. The SMILES string of the molecule is CCc1nn2cc(-c3nc4ccc(OCc5cccc(Cl)c5)cc4o3)nc2s1. The highest BCUT2D eigenvalue weighted by molar-refractivity contribution is 7.16. The first-order valence-electron chi connectivity index (χ1n) is 8.81. The van der Waals surface area contributed by atoms with Gasteiger partial charge in [-0.3, -0.25) is 0 Å². The number of hydrogen-bond donors (Lipinski definition) is 0. The number of rotatable bonds is 5. The lowest BCUT2D eigenvalue weighted by molar-refractivity contribution is 0.306. The third-order valence-electron chi connectivity index (χ3n) is 4.26. The Bertz CT molecular complexity index is 1260. The molecule has 0 aliphatic heterocycles. The first kappa shape index (κ1) is 17.2. The second-order valence-corrected chi connectivity index (χ2v) is 7.75. The lowest BCUT2D eigenvalue weighted by Gasteiger charge is -2.06. The number of aromatic nitrogens is 4. The van der Waals surface area contributed by atoms with Crippen LogP contribution in [0.15, 0.2) is 53.1 Å². The van der Waals surface area contributed by atoms with Gasteiger partial charge in [-0.25, -0.2) is 14.5 Å². The molecule has 0 radical (unpaired) electrons. The lowest BCUT2D eigenvalue weighted by Crippen LogP contribution is -1.94. The summed E-state index contributed by atoms with van der Waals surface area (Å²) in [6.07, 6.45) is 2.73. The van der Waals surface area contributed by atoms with Crippen LogP contribution in [0.5, 0.6) is 5.75 Å². The molecule has 0 fully saturated rings. The fourth-order valence-corrected chi connectivity index (χ4v) is 3.91. The molecule has 0 saturated heterocycles. The number of aryl methyl sites for hydroxylation is 1. The zero-order chi connectivity index (χ0) is 19.1. The van der Waals surface area contributed by atoms with Crippen LogP contribution < -0.4 is 4.74 Å². The maximum absolute atomic E-state index is 6.01. The van der Waals surface area contributed by atoms with Gasteiger partial charge < -0.3 is 9.15 Å². The Balaban J connectivity index is 1.40. The fraction of sp³-hybridized carbons (Fsp3) is 0.150. The van der Waals surface area contributed by atoms with Gasteiger partial charge in [-0.15, -0.1) is 0 Å². The van der Waals surface area contributed by atoms with Gasteiger partial charge in [0.15, 0.2) is 5.58 Å². The number of halogens is 1. The van der Waals surface area contributed by atoms with E-state index in [-0.39, 0.29) is 0 Å². The molecule has 140 valence electrons. The molecule has 3 aromatic heterocycles. The van der Waals surface area contributed by atoms with Crippen LogP contribution in [-0.4, -0.2) is 19.6 Å². The van der Waals surface area contributed by atoms with Crippen LogP contribution in [0.25, 0.3) is 27.6 Å². The minimum absolute atomic E-state index is 0.426. The Morgan fingerprint density at radius 1 is 1.18 bits per heavy atom. The van der Waals surface area contributed by atoms with Gasteiger partial charge in [0.25, 0.3) is 0 Å². The summed E-state index contributed by atoms with van der Waals surface area (Å²) in [5, 5.41) is 6.22. The molecule has 0 atom stereocenters. The molecule has 0 saturated carbocycles. The monoisotopic (exact) mass is 410 g/mol. The summed E-state index contributed by atoms with van der Waals surface area (Å²) < 4.78 is 13.5. The van der Waals surface area contributed by atoms with Crippen LogP contribution in [0.4, 0.5) is 0 Å². The number of fused-ring (bicyclic) bond motifs is 2. The topological polar surface area (TPSA) is 65.5 Å². The minimum Gasteiger partial charge on any atom is -0.489 e. The van der Waals surface area contributed by atoms with E-state index >= 15 is 0 Å². The van der Waals surface area contributed by atoms with Gasteiger partial charge in [0.1, 0.15) is 28.6 Å². The largest absolute Gasteiger partial charge is 0.489 e. The summed E-state index contributed by atoms with van der Waals surface area (Å²) in [6, 6.07) is 13.2. The predicted octanol–water partition coefficient (Wildman–Crippen LogP) is 5.39. The Morgan fingerprint density at radius 2 is 2.11 bits per heavy atom. The Labute approximate surface area is 169 Å². The van der Waals surface area contributed by atoms with Crippen LogP contribution >= 0.6 is 22.9 Å². The zero-order valence-corrected chi connectivity index (χ0v) is 16.5. The van der Waals surface area contributed by atoms with Crippen LogP contribution in [0, 0.1) is 0 Å². The molecule has 0 amide bonds. The van der Waals surface area contributed by atoms with Crippen LogP contribution in [-0.2, 0) is 13.0 Å². The molecule has 0 bridgehead atoms. The summed E-state index contributed by atoms with van der Waals surface area (Å²) >= 11 is 7.58. The van der Waals surface area contributed by atoms with Gasteiger partial charge in [0, 0.05) is 11.1 Å². The summed E-state index contributed by atoms with van der Waals surface area (Å²) in [5.74, 6) is 1.17. The number of benzene rings is 2. The summed E-state index contributed by atoms with van der Waals surface area (Å²) in [6.45, 7) is 2.50. The van der Waals surface area contributed by atoms with Crippen molar-refractivity contribution < 1.29 is 9.15 Å². The smallest absolute Gasteiger partial charge is 0.247 e. The first-order chi connectivity index (χ1) is 13.7. The molecule has 0 aliphatic rings. The van der Waals surface area contributed by atoms with Crippen molar-refractivity contribution in [2.45, 2.75) is 20.0 Å². The highest BCUT2D eigenvalue weighted by atomic mass is 35.5. The maximum atomic E-state index is 6.01. The first-order valence-corrected chi connectivity index (χ1v) is 10.0. The van der Waals surface area contributed by atoms with Gasteiger partial charge in [-0.1, -0.05) is 42.0 Å². The van der Waals surface area contributed by atoms with Crippen molar-refractivity contribution >= 4 is 39.0 Å². The van der Waals surface area contributed by atoms with Gasteiger partial charge in [-0.2, -0.15) is 5.10 Å². The summed E-state index contributed by atoms with van der Waals surface area (Å²) in [7, 11) is 0. The van der Waals surface area contributed by atoms with E-state index in [1.165, 1.54) is 0 Å². The van der Waals surface area contributed by atoms with Gasteiger partial charge >= 0.3 is 0 Å². The van der Waals surface area contributed by atoms with Crippen molar-refractivity contribution in [3.05, 3.63) is 64.3 Å². The van der Waals surface area contributed by atoms with E-state index < -0.39 is 0 Å². The van der Waals surface area contributed by atoms with Crippen molar-refractivity contribution in [1.29, 1.82) is 0 Å². The van der Waals surface area contributed by atoms with E-state index in [1.807, 2.05) is 48.7 Å². The summed E-state index contributed by atoms with van der Waals surface area (Å²) in [4.78, 5) is 9.94. The zero-order valence-electron chi connectivity index (χ0n) is 14.9. The second kappa shape index (κ2) is 6.92. The molecule has 8 heteroatoms. The molecular weight excluding hydrogens is 396 g/mol. The van der Waals surface area contributed by atoms with E-state index in [1.54, 1.807) is 15.9 Å². The quantitative estimate of drug-likeness (QED) is 0.388. The molecule has 0 spiro atoms. The number of hydrogen-bond acceptors (Lipinski definition) is 6. The molecule has 6 nitrogen and oxygen atoms in total. The Morgan fingerprint density at radius 3 is 2.93 bits per heavy atom. The molecule has 0 aliphatic carbocycles. The molecule has 2 aromatic carbocycles. The number of nitrogens with zero attached hydrogens (tertiary/aromatic N) is 4. The van der Waals surface area contributed by atoms with Crippen LogP contribution in [0.1, 0.15) is 17.5 Å². The highest BCUT2D eigenvalue weighted by Gasteiger charge is 2.15. The maximum Gasteiger partial charge on any atom is 0.247 e. The molecule has 3 heterocycles. The number of imidazole rings is 1. The van der Waals surface area contributed by atoms with Crippen LogP contribution in [0.2, 0.25) is 5.02 Å². The van der Waals surface area contributed by atoms with Gasteiger partial charge in [-0.05, 0) is 36.2 Å². The lowest BCUT2D eigenvalue weighted by atomic mass is 10.2. The van der Waals surface area contributed by atoms with Crippen LogP contribution in [0.3, 0.4) is 0 Å². The Hall–Kier alpha value is -2.90. The molecule has 28 heavy (non-hydrogen) atoms. The van der Waals surface area contributed by atoms with Crippen molar-refractivity contribution in [3.8, 4) is 17.3 Å². The van der Waals surface area contributed by atoms with Gasteiger partial charge in [0.05, 0.1) is 6.20 Å². The molecular formula is C20H15ClN4O2S. The van der Waals surface area contributed by atoms with Crippen molar-refractivity contribution in [3.63, 3.8) is 0 Å². The normalized spacial score (nSPS) is 11.5. The third kappa shape index (κ3) is 3.23. The number of oxazole rings is 1. The van der Waals surface area contributed by atoms with E-state index in [0.29, 0.717) is 34.5 Å². The second-order valence-electron chi connectivity index (χ2n) is 6.27. The van der Waals surface area contributed by atoms with Gasteiger partial charge in [0.2, 0.25) is 10.9 Å². The minimum atomic E-state index is 0.426. The summed E-state index contributed by atoms with van der Waals surface area (Å²) in [5.41, 5.74) is 3.07. The highest BCUT2D eigenvalue weighted by Crippen LogP contribution is 2.28. The molecule has 0 unspecified atom stereocenters. The average Bonchev–Trinajstić information content (AvgIpc) is 3.38. The number of ether oxygens (including phenoxy) is 1. The van der Waals surface area contributed by atoms with E-state index in [2.05, 4.69) is 22.0 Å². The van der Waals surface area contributed by atoms with Crippen molar-refractivity contribution in [2.75, 3.05) is 0 Å². The Kier molecular flexibility index (Phi) is 4.26. The standard InChI is InChI=1S/C20H15ClN4O2S/c1-2-18-24-25-10-16(23-20(25)28-18)19-22-15-7-6-14(9-17(15)27-19)26-11-12-4-3-5-13(21)8-12/h3-10H,2,11H2,1H3.